The molecular weight excluding hydrogens is 294 g/mol. The van der Waals surface area contributed by atoms with Gasteiger partial charge in [-0.05, 0) is 36.6 Å². The van der Waals surface area contributed by atoms with Crippen LogP contribution >= 0.6 is 15.9 Å². The van der Waals surface area contributed by atoms with Crippen molar-refractivity contribution in [3.05, 3.63) is 34.3 Å². The van der Waals surface area contributed by atoms with E-state index in [0.717, 1.165) is 23.0 Å². The molecule has 2 N–H and O–H groups in total. The van der Waals surface area contributed by atoms with Gasteiger partial charge in [-0.1, -0.05) is 35.0 Å². The summed E-state index contributed by atoms with van der Waals surface area (Å²) < 4.78 is 0.978. The van der Waals surface area contributed by atoms with Crippen molar-refractivity contribution >= 4 is 15.9 Å². The summed E-state index contributed by atoms with van der Waals surface area (Å²) in [5.41, 5.74) is 0.914. The number of β-amino-alcohol motifs (C(OH)–C–C–N with tert-alkyl or cyclic N) is 2. The summed E-state index contributed by atoms with van der Waals surface area (Å²) in [7, 11) is 0. The molecular formula is C14H20BrNO2. The van der Waals surface area contributed by atoms with Gasteiger partial charge < -0.3 is 10.2 Å². The zero-order valence-electron chi connectivity index (χ0n) is 10.6. The van der Waals surface area contributed by atoms with Crippen LogP contribution in [0.5, 0.6) is 0 Å². The van der Waals surface area contributed by atoms with Gasteiger partial charge in [0.15, 0.2) is 0 Å². The number of hydrogen-bond acceptors (Lipinski definition) is 3. The van der Waals surface area contributed by atoms with Crippen molar-refractivity contribution in [2.75, 3.05) is 19.6 Å². The molecule has 1 aliphatic heterocycles. The first-order valence-corrected chi connectivity index (χ1v) is 7.19. The van der Waals surface area contributed by atoms with Crippen molar-refractivity contribution in [3.63, 3.8) is 0 Å². The lowest BCUT2D eigenvalue weighted by Gasteiger charge is -2.35. The van der Waals surface area contributed by atoms with Crippen LogP contribution in [0.4, 0.5) is 0 Å². The van der Waals surface area contributed by atoms with Crippen molar-refractivity contribution in [1.82, 2.24) is 4.90 Å². The fourth-order valence-corrected chi connectivity index (χ4v) is 2.76. The molecule has 4 heteroatoms. The summed E-state index contributed by atoms with van der Waals surface area (Å²) in [6, 6.07) is 7.74. The number of aliphatic hydroxyl groups excluding tert-OH is 2. The number of nitrogens with zero attached hydrogens (tertiary/aromatic N) is 1. The van der Waals surface area contributed by atoms with E-state index in [1.54, 1.807) is 0 Å². The Hall–Kier alpha value is -0.420. The van der Waals surface area contributed by atoms with Crippen LogP contribution in [0.25, 0.3) is 0 Å². The van der Waals surface area contributed by atoms with Gasteiger partial charge >= 0.3 is 0 Å². The molecule has 1 fully saturated rings. The second-order valence-electron chi connectivity index (χ2n) is 5.16. The fraction of sp³-hybridized carbons (Fsp3) is 0.571. The van der Waals surface area contributed by atoms with Crippen molar-refractivity contribution in [1.29, 1.82) is 0 Å². The maximum Gasteiger partial charge on any atom is 0.0917 e. The molecule has 18 heavy (non-hydrogen) atoms. The molecule has 0 spiro atoms. The first-order valence-electron chi connectivity index (χ1n) is 6.40. The Labute approximate surface area is 117 Å². The molecule has 0 aromatic heterocycles. The van der Waals surface area contributed by atoms with Gasteiger partial charge in [0.2, 0.25) is 0 Å². The second kappa shape index (κ2) is 6.15. The minimum Gasteiger partial charge on any atom is -0.392 e. The molecule has 1 heterocycles. The lowest BCUT2D eigenvalue weighted by Crippen LogP contribution is -2.44. The van der Waals surface area contributed by atoms with Crippen LogP contribution in [0.2, 0.25) is 0 Å². The highest BCUT2D eigenvalue weighted by atomic mass is 79.9. The summed E-state index contributed by atoms with van der Waals surface area (Å²) in [6.07, 6.45) is 0.225. The van der Waals surface area contributed by atoms with E-state index in [4.69, 9.17) is 0 Å². The van der Waals surface area contributed by atoms with E-state index in [-0.39, 0.29) is 6.10 Å². The highest BCUT2D eigenvalue weighted by molar-refractivity contribution is 9.10. The highest BCUT2D eigenvalue weighted by Crippen LogP contribution is 2.22. The normalized spacial score (nSPS) is 27.1. The van der Waals surface area contributed by atoms with E-state index < -0.39 is 6.10 Å². The summed E-state index contributed by atoms with van der Waals surface area (Å²) in [4.78, 5) is 2.14. The molecule has 0 bridgehead atoms. The molecule has 100 valence electrons. The van der Waals surface area contributed by atoms with Gasteiger partial charge in [-0.3, -0.25) is 4.90 Å². The highest BCUT2D eigenvalue weighted by Gasteiger charge is 2.25. The third kappa shape index (κ3) is 3.54. The Morgan fingerprint density at radius 2 is 2.28 bits per heavy atom. The first kappa shape index (κ1) is 14.0. The third-order valence-electron chi connectivity index (χ3n) is 3.67. The second-order valence-corrected chi connectivity index (χ2v) is 6.08. The number of benzene rings is 1. The number of hydrogen-bond donors (Lipinski definition) is 2. The molecule has 1 aromatic carbocycles. The van der Waals surface area contributed by atoms with E-state index in [9.17, 15) is 10.2 Å². The smallest absolute Gasteiger partial charge is 0.0917 e. The van der Waals surface area contributed by atoms with Gasteiger partial charge in [0.05, 0.1) is 12.2 Å². The van der Waals surface area contributed by atoms with Crippen LogP contribution in [0, 0.1) is 5.92 Å². The zero-order chi connectivity index (χ0) is 13.1. The van der Waals surface area contributed by atoms with Crippen molar-refractivity contribution in [2.45, 2.75) is 25.6 Å². The molecule has 3 unspecified atom stereocenters. The van der Waals surface area contributed by atoms with Gasteiger partial charge in [-0.15, -0.1) is 0 Å². The largest absolute Gasteiger partial charge is 0.392 e. The van der Waals surface area contributed by atoms with Crippen LogP contribution < -0.4 is 0 Å². The van der Waals surface area contributed by atoms with Gasteiger partial charge in [0.25, 0.3) is 0 Å². The predicted molar refractivity (Wildman–Crippen MR) is 75.3 cm³/mol. The van der Waals surface area contributed by atoms with Gasteiger partial charge in [0.1, 0.15) is 0 Å². The standard InChI is InChI=1S/C14H20BrNO2/c1-10-5-6-16(8-13(10)17)9-14(18)11-3-2-4-12(15)7-11/h2-4,7,10,13-14,17-18H,5-6,8-9H2,1H3. The first-order chi connectivity index (χ1) is 8.56. The van der Waals surface area contributed by atoms with E-state index in [1.165, 1.54) is 0 Å². The van der Waals surface area contributed by atoms with Crippen LogP contribution in [0.1, 0.15) is 25.0 Å². The van der Waals surface area contributed by atoms with Gasteiger partial charge in [-0.25, -0.2) is 0 Å². The Morgan fingerprint density at radius 3 is 2.94 bits per heavy atom. The van der Waals surface area contributed by atoms with Crippen molar-refractivity contribution in [2.24, 2.45) is 5.92 Å². The number of rotatable bonds is 3. The number of aliphatic hydroxyl groups is 2. The fourth-order valence-electron chi connectivity index (χ4n) is 2.34. The summed E-state index contributed by atoms with van der Waals surface area (Å²) in [6.45, 7) is 4.27. The van der Waals surface area contributed by atoms with Crippen LogP contribution in [-0.2, 0) is 0 Å². The molecule has 2 rings (SSSR count). The van der Waals surface area contributed by atoms with Crippen LogP contribution in [0.3, 0.4) is 0 Å². The quantitative estimate of drug-likeness (QED) is 0.899. The average molecular weight is 314 g/mol. The minimum absolute atomic E-state index is 0.270. The molecule has 1 aromatic rings. The predicted octanol–water partition coefficient (Wildman–Crippen LogP) is 2.19. The topological polar surface area (TPSA) is 43.7 Å². The molecule has 3 atom stereocenters. The van der Waals surface area contributed by atoms with Gasteiger partial charge in [-0.2, -0.15) is 0 Å². The van der Waals surface area contributed by atoms with Crippen molar-refractivity contribution in [3.8, 4) is 0 Å². The Balaban J connectivity index is 1.93. The monoisotopic (exact) mass is 313 g/mol. The SMILES string of the molecule is CC1CCN(CC(O)c2cccc(Br)c2)CC1O. The Kier molecular flexibility index (Phi) is 4.78. The zero-order valence-corrected chi connectivity index (χ0v) is 12.2. The van der Waals surface area contributed by atoms with Gasteiger partial charge in [0, 0.05) is 17.6 Å². The average Bonchev–Trinajstić information content (AvgIpc) is 2.34. The maximum absolute atomic E-state index is 10.2. The number of piperidine rings is 1. The lowest BCUT2D eigenvalue weighted by molar-refractivity contribution is 0.00858. The Morgan fingerprint density at radius 1 is 1.50 bits per heavy atom. The summed E-state index contributed by atoms with van der Waals surface area (Å²) in [5.74, 6) is 0.365. The molecule has 0 amide bonds. The summed E-state index contributed by atoms with van der Waals surface area (Å²) >= 11 is 3.41. The number of likely N-dealkylation sites (tertiary alicyclic amines) is 1. The minimum atomic E-state index is -0.497. The molecule has 1 aliphatic rings. The molecule has 0 aliphatic carbocycles. The molecule has 0 saturated carbocycles. The van der Waals surface area contributed by atoms with Crippen molar-refractivity contribution < 1.29 is 10.2 Å². The van der Waals surface area contributed by atoms with E-state index >= 15 is 0 Å². The van der Waals surface area contributed by atoms with E-state index in [2.05, 4.69) is 27.8 Å². The lowest BCUT2D eigenvalue weighted by atomic mass is 9.95. The molecule has 1 saturated heterocycles. The third-order valence-corrected chi connectivity index (χ3v) is 4.16. The Bertz CT molecular complexity index is 399. The molecule has 0 radical (unpaired) electrons. The van der Waals surface area contributed by atoms with E-state index in [1.807, 2.05) is 24.3 Å². The number of halogens is 1. The van der Waals surface area contributed by atoms with E-state index in [0.29, 0.717) is 19.0 Å². The van der Waals surface area contributed by atoms with Crippen LogP contribution in [0.15, 0.2) is 28.7 Å². The maximum atomic E-state index is 10.2. The van der Waals surface area contributed by atoms with Crippen LogP contribution in [-0.4, -0.2) is 40.9 Å². The summed E-state index contributed by atoms with van der Waals surface area (Å²) in [5, 5.41) is 20.1. The molecule has 3 nitrogen and oxygen atoms in total.